The van der Waals surface area contributed by atoms with Gasteiger partial charge in [-0.2, -0.15) is 0 Å². The molecular weight excluding hydrogens is 266 g/mol. The first-order chi connectivity index (χ1) is 9.71. The Bertz CT molecular complexity index is 432. The van der Waals surface area contributed by atoms with E-state index < -0.39 is 5.97 Å². The van der Waals surface area contributed by atoms with Crippen LogP contribution < -0.4 is 0 Å². The van der Waals surface area contributed by atoms with Crippen molar-refractivity contribution in [2.45, 2.75) is 95.5 Å². The first kappa shape index (κ1) is 15.3. The van der Waals surface area contributed by atoms with Crippen LogP contribution in [0.2, 0.25) is 0 Å². The molecule has 0 bridgehead atoms. The van der Waals surface area contributed by atoms with Gasteiger partial charge in [-0.3, -0.25) is 9.69 Å². The van der Waals surface area contributed by atoms with E-state index in [4.69, 9.17) is 4.74 Å². The summed E-state index contributed by atoms with van der Waals surface area (Å²) in [6, 6.07) is 0.336. The Morgan fingerprint density at radius 1 is 1.19 bits per heavy atom. The fraction of sp³-hybridized carbons (Fsp3) is 0.941. The number of rotatable bonds is 2. The molecule has 3 rings (SSSR count). The van der Waals surface area contributed by atoms with Gasteiger partial charge in [0, 0.05) is 12.1 Å². The lowest BCUT2D eigenvalue weighted by atomic mass is 9.83. The first-order valence-corrected chi connectivity index (χ1v) is 8.42. The molecule has 2 aliphatic heterocycles. The number of hydrogen-bond donors (Lipinski definition) is 1. The van der Waals surface area contributed by atoms with Crippen molar-refractivity contribution in [3.8, 4) is 0 Å². The fourth-order valence-corrected chi connectivity index (χ4v) is 5.17. The molecule has 0 aromatic carbocycles. The van der Waals surface area contributed by atoms with Crippen molar-refractivity contribution >= 4 is 5.97 Å². The number of carbonyl (C=O) groups is 1. The third-order valence-electron chi connectivity index (χ3n) is 5.81. The lowest BCUT2D eigenvalue weighted by Crippen LogP contribution is -2.54. The molecule has 1 N–H and O–H groups in total. The van der Waals surface area contributed by atoms with Gasteiger partial charge in [0.25, 0.3) is 0 Å². The van der Waals surface area contributed by atoms with Gasteiger partial charge in [0.1, 0.15) is 6.04 Å². The summed E-state index contributed by atoms with van der Waals surface area (Å²) >= 11 is 0. The number of hydrogen-bond acceptors (Lipinski definition) is 3. The predicted molar refractivity (Wildman–Crippen MR) is 81.3 cm³/mol. The van der Waals surface area contributed by atoms with E-state index >= 15 is 0 Å². The van der Waals surface area contributed by atoms with E-state index in [1.807, 2.05) is 0 Å². The van der Waals surface area contributed by atoms with Gasteiger partial charge in [-0.05, 0) is 59.3 Å². The normalized spacial score (nSPS) is 41.9. The maximum atomic E-state index is 11.8. The average Bonchev–Trinajstić information content (AvgIpc) is 2.83. The maximum Gasteiger partial charge on any atom is 0.320 e. The van der Waals surface area contributed by atoms with E-state index in [0.29, 0.717) is 12.0 Å². The first-order valence-electron chi connectivity index (χ1n) is 8.42. The number of nitrogens with zero attached hydrogens (tertiary/aromatic N) is 1. The number of fused-ring (bicyclic) bond motifs is 1. The van der Waals surface area contributed by atoms with Crippen LogP contribution in [-0.2, 0) is 9.53 Å². The minimum absolute atomic E-state index is 0.163. The molecule has 1 saturated carbocycles. The van der Waals surface area contributed by atoms with E-state index in [1.54, 1.807) is 0 Å². The SMILES string of the molecule is CC1(C)CC(N2C(C(=O)O)CC3CCCCC32)C(C)(C)O1. The molecule has 4 atom stereocenters. The highest BCUT2D eigenvalue weighted by Gasteiger charge is 2.56. The van der Waals surface area contributed by atoms with Crippen LogP contribution in [0.1, 0.15) is 66.2 Å². The third-order valence-corrected chi connectivity index (χ3v) is 5.81. The van der Waals surface area contributed by atoms with Crippen LogP contribution in [0.25, 0.3) is 0 Å². The summed E-state index contributed by atoms with van der Waals surface area (Å²) < 4.78 is 6.23. The van der Waals surface area contributed by atoms with Crippen molar-refractivity contribution < 1.29 is 14.6 Å². The molecule has 2 heterocycles. The summed E-state index contributed by atoms with van der Waals surface area (Å²) in [6.45, 7) is 8.50. The van der Waals surface area contributed by atoms with Gasteiger partial charge in [-0.25, -0.2) is 0 Å². The highest BCUT2D eigenvalue weighted by Crippen LogP contribution is 2.48. The van der Waals surface area contributed by atoms with Gasteiger partial charge in [0.15, 0.2) is 0 Å². The average molecular weight is 295 g/mol. The number of ether oxygens (including phenoxy) is 1. The maximum absolute atomic E-state index is 11.8. The van der Waals surface area contributed by atoms with Crippen LogP contribution in [-0.4, -0.2) is 45.3 Å². The van der Waals surface area contributed by atoms with Crippen molar-refractivity contribution in [3.05, 3.63) is 0 Å². The third kappa shape index (κ3) is 2.61. The Morgan fingerprint density at radius 3 is 2.43 bits per heavy atom. The molecule has 120 valence electrons. The number of likely N-dealkylation sites (tertiary alicyclic amines) is 1. The van der Waals surface area contributed by atoms with E-state index in [2.05, 4.69) is 32.6 Å². The van der Waals surface area contributed by atoms with Crippen molar-refractivity contribution in [1.82, 2.24) is 4.90 Å². The second-order valence-electron chi connectivity index (χ2n) is 8.33. The zero-order valence-electron chi connectivity index (χ0n) is 13.8. The number of carboxylic acid groups (broad SMARTS) is 1. The molecule has 0 amide bonds. The van der Waals surface area contributed by atoms with Crippen molar-refractivity contribution in [2.75, 3.05) is 0 Å². The summed E-state index contributed by atoms with van der Waals surface area (Å²) in [7, 11) is 0. The zero-order chi connectivity index (χ0) is 15.4. The van der Waals surface area contributed by atoms with Gasteiger partial charge >= 0.3 is 5.97 Å². The predicted octanol–water partition coefficient (Wildman–Crippen LogP) is 3.05. The topological polar surface area (TPSA) is 49.8 Å². The monoisotopic (exact) mass is 295 g/mol. The Morgan fingerprint density at radius 2 is 1.86 bits per heavy atom. The van der Waals surface area contributed by atoms with Crippen LogP contribution in [0.5, 0.6) is 0 Å². The van der Waals surface area contributed by atoms with Crippen LogP contribution >= 0.6 is 0 Å². The molecule has 0 aromatic rings. The van der Waals surface area contributed by atoms with Crippen LogP contribution in [0.15, 0.2) is 0 Å². The minimum atomic E-state index is -0.648. The smallest absolute Gasteiger partial charge is 0.320 e. The van der Waals surface area contributed by atoms with Crippen molar-refractivity contribution in [2.24, 2.45) is 5.92 Å². The van der Waals surface area contributed by atoms with Crippen LogP contribution in [0, 0.1) is 5.92 Å². The molecule has 0 aromatic heterocycles. The number of aliphatic carboxylic acids is 1. The second kappa shape index (κ2) is 4.95. The molecule has 2 saturated heterocycles. The Labute approximate surface area is 127 Å². The standard InChI is InChI=1S/C17H29NO3/c1-16(2)10-14(17(3,4)21-16)18-12-8-6-5-7-11(12)9-13(18)15(19)20/h11-14H,5-10H2,1-4H3,(H,19,20). The van der Waals surface area contributed by atoms with Crippen LogP contribution in [0.4, 0.5) is 0 Å². The Balaban J connectivity index is 1.91. The Kier molecular flexibility index (Phi) is 3.61. The highest BCUT2D eigenvalue weighted by molar-refractivity contribution is 5.74. The van der Waals surface area contributed by atoms with E-state index in [9.17, 15) is 9.90 Å². The van der Waals surface area contributed by atoms with Gasteiger partial charge in [-0.1, -0.05) is 12.8 Å². The van der Waals surface area contributed by atoms with Crippen molar-refractivity contribution in [3.63, 3.8) is 0 Å². The van der Waals surface area contributed by atoms with E-state index in [0.717, 1.165) is 19.3 Å². The Hall–Kier alpha value is -0.610. The summed E-state index contributed by atoms with van der Waals surface area (Å²) in [6.07, 6.45) is 6.60. The minimum Gasteiger partial charge on any atom is -0.480 e. The molecule has 0 radical (unpaired) electrons. The lowest BCUT2D eigenvalue weighted by molar-refractivity contribution is -0.145. The summed E-state index contributed by atoms with van der Waals surface area (Å²) in [4.78, 5) is 14.1. The van der Waals surface area contributed by atoms with E-state index in [1.165, 1.54) is 19.3 Å². The van der Waals surface area contributed by atoms with Crippen LogP contribution in [0.3, 0.4) is 0 Å². The summed E-state index contributed by atoms with van der Waals surface area (Å²) in [5.74, 6) is -0.0794. The summed E-state index contributed by atoms with van der Waals surface area (Å²) in [5, 5.41) is 9.71. The molecular formula is C17H29NO3. The van der Waals surface area contributed by atoms with Gasteiger partial charge in [0.05, 0.1) is 11.2 Å². The lowest BCUT2D eigenvalue weighted by Gasteiger charge is -2.41. The van der Waals surface area contributed by atoms with E-state index in [-0.39, 0.29) is 23.3 Å². The molecule has 1 aliphatic carbocycles. The molecule has 0 spiro atoms. The zero-order valence-corrected chi connectivity index (χ0v) is 13.8. The summed E-state index contributed by atoms with van der Waals surface area (Å²) in [5.41, 5.74) is -0.437. The molecule has 21 heavy (non-hydrogen) atoms. The highest BCUT2D eigenvalue weighted by atomic mass is 16.5. The largest absolute Gasteiger partial charge is 0.480 e. The molecule has 4 heteroatoms. The van der Waals surface area contributed by atoms with Gasteiger partial charge in [0.2, 0.25) is 0 Å². The second-order valence-corrected chi connectivity index (χ2v) is 8.33. The van der Waals surface area contributed by atoms with Crippen molar-refractivity contribution in [1.29, 1.82) is 0 Å². The molecule has 3 aliphatic rings. The molecule has 3 fully saturated rings. The molecule has 4 nitrogen and oxygen atoms in total. The number of carboxylic acids is 1. The van der Waals surface area contributed by atoms with Gasteiger partial charge < -0.3 is 9.84 Å². The van der Waals surface area contributed by atoms with Gasteiger partial charge in [-0.15, -0.1) is 0 Å². The quantitative estimate of drug-likeness (QED) is 0.850. The fourth-order valence-electron chi connectivity index (χ4n) is 5.17. The molecule has 4 unspecified atom stereocenters.